The third-order valence-electron chi connectivity index (χ3n) is 3.27. The van der Waals surface area contributed by atoms with Gasteiger partial charge in [0.25, 0.3) is 0 Å². The Morgan fingerprint density at radius 2 is 2.05 bits per heavy atom. The number of hydrogen-bond donors (Lipinski definition) is 0. The van der Waals surface area contributed by atoms with E-state index in [4.69, 9.17) is 4.74 Å². The van der Waals surface area contributed by atoms with Gasteiger partial charge in [-0.1, -0.05) is 30.3 Å². The minimum absolute atomic E-state index is 0.654. The molecule has 0 aliphatic carbocycles. The van der Waals surface area contributed by atoms with Gasteiger partial charge in [0.15, 0.2) is 0 Å². The van der Waals surface area contributed by atoms with Gasteiger partial charge in [-0.2, -0.15) is 0 Å². The van der Waals surface area contributed by atoms with Crippen LogP contribution in [0.25, 0.3) is 10.9 Å². The lowest BCUT2D eigenvalue weighted by molar-refractivity contribution is 0.114. The van der Waals surface area contributed by atoms with Crippen molar-refractivity contribution in [1.82, 2.24) is 9.55 Å². The number of aromatic nitrogens is 2. The van der Waals surface area contributed by atoms with Gasteiger partial charge in [0.05, 0.1) is 24.9 Å². The fourth-order valence-electron chi connectivity index (χ4n) is 2.23. The summed E-state index contributed by atoms with van der Waals surface area (Å²) in [4.78, 5) is 4.31. The topological polar surface area (TPSA) is 27.1 Å². The highest BCUT2D eigenvalue weighted by atomic mass is 127. The van der Waals surface area contributed by atoms with E-state index in [1.165, 1.54) is 14.5 Å². The smallest absolute Gasteiger partial charge is 0.106 e. The number of halogens is 2. The van der Waals surface area contributed by atoms with Crippen molar-refractivity contribution >= 4 is 49.4 Å². The first kappa shape index (κ1) is 15.0. The molecule has 2 aromatic heterocycles. The normalized spacial score (nSPS) is 11.1. The zero-order chi connectivity index (χ0) is 14.7. The van der Waals surface area contributed by atoms with E-state index in [0.29, 0.717) is 13.2 Å². The highest BCUT2D eigenvalue weighted by Crippen LogP contribution is 2.24. The lowest BCUT2D eigenvalue weighted by atomic mass is 10.2. The summed E-state index contributed by atoms with van der Waals surface area (Å²) in [7, 11) is 0. The lowest BCUT2D eigenvalue weighted by Gasteiger charge is -2.07. The van der Waals surface area contributed by atoms with Crippen molar-refractivity contribution in [2.75, 3.05) is 6.61 Å². The summed E-state index contributed by atoms with van der Waals surface area (Å²) in [5.74, 6) is 0. The Hall–Kier alpha value is -0.920. The van der Waals surface area contributed by atoms with Crippen LogP contribution in [0.1, 0.15) is 5.56 Å². The Labute approximate surface area is 145 Å². The number of pyridine rings is 1. The molecule has 1 aromatic carbocycles. The van der Waals surface area contributed by atoms with Crippen molar-refractivity contribution in [3.05, 3.63) is 62.5 Å². The van der Waals surface area contributed by atoms with Crippen molar-refractivity contribution in [2.45, 2.75) is 13.2 Å². The van der Waals surface area contributed by atoms with Gasteiger partial charge in [-0.25, -0.2) is 4.98 Å². The minimum Gasteiger partial charge on any atom is -0.375 e. The first-order valence-corrected chi connectivity index (χ1v) is 8.53. The summed E-state index contributed by atoms with van der Waals surface area (Å²) >= 11 is 5.77. The maximum Gasteiger partial charge on any atom is 0.106 e. The van der Waals surface area contributed by atoms with Crippen molar-refractivity contribution < 1.29 is 4.74 Å². The summed E-state index contributed by atoms with van der Waals surface area (Å²) in [6, 6.07) is 12.3. The van der Waals surface area contributed by atoms with Crippen LogP contribution in [0.5, 0.6) is 0 Å². The Bertz CT molecular complexity index is 743. The van der Waals surface area contributed by atoms with Crippen LogP contribution in [0.2, 0.25) is 0 Å². The fourth-order valence-corrected chi connectivity index (χ4v) is 3.33. The second-order valence-corrected chi connectivity index (χ2v) is 6.71. The van der Waals surface area contributed by atoms with Gasteiger partial charge in [-0.15, -0.1) is 0 Å². The van der Waals surface area contributed by atoms with Crippen LogP contribution in [-0.4, -0.2) is 16.2 Å². The van der Waals surface area contributed by atoms with E-state index in [-0.39, 0.29) is 0 Å². The molecule has 3 nitrogen and oxygen atoms in total. The van der Waals surface area contributed by atoms with E-state index < -0.39 is 0 Å². The number of fused-ring (bicyclic) bond motifs is 1. The van der Waals surface area contributed by atoms with Crippen LogP contribution < -0.4 is 0 Å². The number of hydrogen-bond acceptors (Lipinski definition) is 2. The molecule has 0 aliphatic heterocycles. The zero-order valence-corrected chi connectivity index (χ0v) is 15.0. The number of benzene rings is 1. The molecule has 3 aromatic rings. The van der Waals surface area contributed by atoms with Gasteiger partial charge in [0, 0.05) is 21.7 Å². The van der Waals surface area contributed by atoms with Crippen molar-refractivity contribution in [2.24, 2.45) is 0 Å². The van der Waals surface area contributed by atoms with Crippen LogP contribution in [0.3, 0.4) is 0 Å². The maximum atomic E-state index is 5.75. The number of nitrogens with zero attached hydrogens (tertiary/aromatic N) is 2. The molecule has 0 spiro atoms. The molecule has 0 unspecified atom stereocenters. The minimum atomic E-state index is 0.654. The molecule has 0 saturated heterocycles. The lowest BCUT2D eigenvalue weighted by Crippen LogP contribution is -2.05. The molecule has 0 aliphatic rings. The molecule has 0 atom stereocenters. The molecule has 5 heteroatoms. The van der Waals surface area contributed by atoms with E-state index in [9.17, 15) is 0 Å². The van der Waals surface area contributed by atoms with Gasteiger partial charge in [0.1, 0.15) is 4.60 Å². The highest BCUT2D eigenvalue weighted by Gasteiger charge is 2.07. The van der Waals surface area contributed by atoms with E-state index in [0.717, 1.165) is 16.7 Å². The first-order valence-electron chi connectivity index (χ1n) is 6.65. The number of rotatable bonds is 5. The third-order valence-corrected chi connectivity index (χ3v) is 4.57. The quantitative estimate of drug-likeness (QED) is 0.318. The van der Waals surface area contributed by atoms with Crippen molar-refractivity contribution in [3.63, 3.8) is 0 Å². The molecular formula is C16H14BrIN2O. The SMILES string of the molecule is Brc1cc2c(I)cn(CCOCc3ccccc3)c2cn1. The summed E-state index contributed by atoms with van der Waals surface area (Å²) in [5.41, 5.74) is 2.35. The summed E-state index contributed by atoms with van der Waals surface area (Å²) in [5, 5.41) is 1.22. The van der Waals surface area contributed by atoms with Crippen molar-refractivity contribution in [3.8, 4) is 0 Å². The Morgan fingerprint density at radius 3 is 2.86 bits per heavy atom. The Morgan fingerprint density at radius 1 is 1.24 bits per heavy atom. The average Bonchev–Trinajstić information content (AvgIpc) is 2.81. The van der Waals surface area contributed by atoms with Crippen molar-refractivity contribution in [1.29, 1.82) is 0 Å². The first-order chi connectivity index (χ1) is 10.2. The number of ether oxygens (including phenoxy) is 1. The summed E-state index contributed by atoms with van der Waals surface area (Å²) < 4.78 is 10.0. The largest absolute Gasteiger partial charge is 0.375 e. The monoisotopic (exact) mass is 456 g/mol. The molecule has 0 amide bonds. The van der Waals surface area contributed by atoms with Crippen LogP contribution in [0.4, 0.5) is 0 Å². The van der Waals surface area contributed by atoms with Crippen LogP contribution in [0, 0.1) is 3.57 Å². The fraction of sp³-hybridized carbons (Fsp3) is 0.188. The standard InChI is InChI=1S/C16H14BrIN2O/c17-16-8-13-14(18)10-20(15(13)9-19-16)6-7-21-11-12-4-2-1-3-5-12/h1-5,8-10H,6-7,11H2. The molecule has 0 saturated carbocycles. The maximum absolute atomic E-state index is 5.75. The van der Waals surface area contributed by atoms with Crippen LogP contribution >= 0.6 is 38.5 Å². The molecule has 21 heavy (non-hydrogen) atoms. The second kappa shape index (κ2) is 6.89. The van der Waals surface area contributed by atoms with Crippen LogP contribution in [-0.2, 0) is 17.9 Å². The van der Waals surface area contributed by atoms with Gasteiger partial charge in [-0.3, -0.25) is 0 Å². The van der Waals surface area contributed by atoms with Gasteiger partial charge >= 0.3 is 0 Å². The van der Waals surface area contributed by atoms with E-state index in [1.807, 2.05) is 24.4 Å². The molecule has 3 rings (SSSR count). The average molecular weight is 457 g/mol. The Balaban J connectivity index is 1.63. The van der Waals surface area contributed by atoms with Gasteiger partial charge in [0.2, 0.25) is 0 Å². The third kappa shape index (κ3) is 3.64. The van der Waals surface area contributed by atoms with E-state index >= 15 is 0 Å². The molecular weight excluding hydrogens is 443 g/mol. The summed E-state index contributed by atoms with van der Waals surface area (Å²) in [6.07, 6.45) is 4.05. The predicted octanol–water partition coefficient (Wildman–Crippen LogP) is 4.62. The second-order valence-electron chi connectivity index (χ2n) is 4.73. The van der Waals surface area contributed by atoms with Gasteiger partial charge < -0.3 is 9.30 Å². The van der Waals surface area contributed by atoms with Crippen LogP contribution in [0.15, 0.2) is 53.4 Å². The molecule has 108 valence electrons. The summed E-state index contributed by atoms with van der Waals surface area (Å²) in [6.45, 7) is 2.17. The molecule has 2 heterocycles. The molecule has 0 bridgehead atoms. The molecule has 0 fully saturated rings. The molecule has 0 radical (unpaired) electrons. The predicted molar refractivity (Wildman–Crippen MR) is 96.2 cm³/mol. The van der Waals surface area contributed by atoms with Gasteiger partial charge in [-0.05, 0) is 50.2 Å². The van der Waals surface area contributed by atoms with E-state index in [1.54, 1.807) is 0 Å². The highest BCUT2D eigenvalue weighted by molar-refractivity contribution is 14.1. The van der Waals surface area contributed by atoms with E-state index in [2.05, 4.69) is 72.5 Å². The zero-order valence-electron chi connectivity index (χ0n) is 11.3. The molecule has 0 N–H and O–H groups in total. The Kier molecular flexibility index (Phi) is 4.92.